The molecule has 2 amide bonds. The molecule has 5 rings (SSSR count). The van der Waals surface area contributed by atoms with E-state index in [2.05, 4.69) is 20.5 Å². The minimum atomic E-state index is -0.501. The number of nitrogens with zero attached hydrogens (tertiary/aromatic N) is 2. The Kier molecular flexibility index (Phi) is 5.98. The fourth-order valence-corrected chi connectivity index (χ4v) is 5.31. The fraction of sp³-hybridized carbons (Fsp3) is 0.462. The number of Topliss-reactive ketones (excluding diaryl/α,β-unsaturated/α-hetero) is 1. The van der Waals surface area contributed by atoms with Crippen molar-refractivity contribution in [1.29, 1.82) is 0 Å². The predicted molar refractivity (Wildman–Crippen MR) is 130 cm³/mol. The van der Waals surface area contributed by atoms with E-state index in [1.807, 2.05) is 12.1 Å². The summed E-state index contributed by atoms with van der Waals surface area (Å²) in [6.45, 7) is 2.33. The molecule has 1 unspecified atom stereocenters. The number of hydrogen-bond acceptors (Lipinski definition) is 6. The number of primary amides is 1. The number of rotatable bonds is 8. The molecule has 4 N–H and O–H groups in total. The third-order valence-corrected chi connectivity index (χ3v) is 7.31. The molecule has 3 fully saturated rings. The average molecular weight is 462 g/mol. The van der Waals surface area contributed by atoms with Gasteiger partial charge in [0.05, 0.1) is 5.56 Å². The average Bonchev–Trinajstić information content (AvgIpc) is 3.61. The molecule has 178 valence electrons. The van der Waals surface area contributed by atoms with E-state index in [0.717, 1.165) is 38.0 Å². The largest absolute Gasteiger partial charge is 0.384 e. The van der Waals surface area contributed by atoms with Crippen molar-refractivity contribution in [3.63, 3.8) is 0 Å². The minimum absolute atomic E-state index is 0.0122. The number of carbonyl (C=O) groups is 3. The summed E-state index contributed by atoms with van der Waals surface area (Å²) >= 11 is 0. The van der Waals surface area contributed by atoms with Crippen LogP contribution in [-0.2, 0) is 0 Å². The Morgan fingerprint density at radius 3 is 2.32 bits per heavy atom. The third kappa shape index (κ3) is 4.62. The van der Waals surface area contributed by atoms with E-state index in [9.17, 15) is 14.4 Å². The highest BCUT2D eigenvalue weighted by molar-refractivity contribution is 6.02. The Morgan fingerprint density at radius 1 is 1.03 bits per heavy atom. The molecule has 3 atom stereocenters. The maximum atomic E-state index is 13.1. The van der Waals surface area contributed by atoms with Crippen LogP contribution in [0, 0.1) is 5.92 Å². The van der Waals surface area contributed by atoms with Gasteiger partial charge in [-0.1, -0.05) is 0 Å². The first-order chi connectivity index (χ1) is 16.4. The van der Waals surface area contributed by atoms with Crippen molar-refractivity contribution in [2.75, 3.05) is 16.8 Å². The summed E-state index contributed by atoms with van der Waals surface area (Å²) in [5, 5.41) is 6.51. The summed E-state index contributed by atoms with van der Waals surface area (Å²) in [7, 11) is 0. The molecule has 3 heterocycles. The topological polar surface area (TPSA) is 117 Å². The molecular formula is C26H31N5O3. The highest BCUT2D eigenvalue weighted by Crippen LogP contribution is 2.38. The fourth-order valence-electron chi connectivity index (χ4n) is 5.31. The van der Waals surface area contributed by atoms with E-state index in [1.165, 1.54) is 12.8 Å². The summed E-state index contributed by atoms with van der Waals surface area (Å²) in [6.07, 6.45) is 7.86. The van der Waals surface area contributed by atoms with Gasteiger partial charge in [0, 0.05) is 47.7 Å². The summed E-state index contributed by atoms with van der Waals surface area (Å²) < 4.78 is 0. The number of benzene rings is 1. The summed E-state index contributed by atoms with van der Waals surface area (Å²) in [5.41, 5.74) is 7.71. The first-order valence-electron chi connectivity index (χ1n) is 12.1. The van der Waals surface area contributed by atoms with Crippen LogP contribution in [0.2, 0.25) is 0 Å². The van der Waals surface area contributed by atoms with Crippen LogP contribution in [0.5, 0.6) is 0 Å². The van der Waals surface area contributed by atoms with Crippen molar-refractivity contribution in [1.82, 2.24) is 10.3 Å². The molecule has 0 radical (unpaired) electrons. The molecule has 0 spiro atoms. The van der Waals surface area contributed by atoms with Crippen molar-refractivity contribution in [3.8, 4) is 0 Å². The molecule has 2 bridgehead atoms. The van der Waals surface area contributed by atoms with Crippen LogP contribution in [0.3, 0.4) is 0 Å². The zero-order chi connectivity index (χ0) is 23.8. The number of nitrogens with one attached hydrogen (secondary N) is 2. The second-order valence-corrected chi connectivity index (χ2v) is 9.84. The van der Waals surface area contributed by atoms with Gasteiger partial charge < -0.3 is 21.3 Å². The molecule has 2 saturated heterocycles. The van der Waals surface area contributed by atoms with Gasteiger partial charge in [-0.25, -0.2) is 4.98 Å². The lowest BCUT2D eigenvalue weighted by molar-refractivity contribution is 0.0924. The number of pyridine rings is 1. The zero-order valence-electron chi connectivity index (χ0n) is 19.4. The Balaban J connectivity index is 1.25. The van der Waals surface area contributed by atoms with Crippen molar-refractivity contribution in [2.24, 2.45) is 11.7 Å². The van der Waals surface area contributed by atoms with Gasteiger partial charge in [-0.15, -0.1) is 0 Å². The Morgan fingerprint density at radius 2 is 1.74 bits per heavy atom. The minimum Gasteiger partial charge on any atom is -0.384 e. The molecule has 1 saturated carbocycles. The Labute approximate surface area is 199 Å². The van der Waals surface area contributed by atoms with Gasteiger partial charge in [-0.3, -0.25) is 14.4 Å². The second kappa shape index (κ2) is 9.08. The molecule has 1 aromatic carbocycles. The highest BCUT2D eigenvalue weighted by atomic mass is 16.2. The highest BCUT2D eigenvalue weighted by Gasteiger charge is 2.41. The normalized spacial score (nSPS) is 23.4. The molecule has 34 heavy (non-hydrogen) atoms. The number of piperidine rings is 1. The summed E-state index contributed by atoms with van der Waals surface area (Å²) in [4.78, 5) is 43.3. The monoisotopic (exact) mass is 461 g/mol. The van der Waals surface area contributed by atoms with Crippen molar-refractivity contribution >= 4 is 29.1 Å². The van der Waals surface area contributed by atoms with Crippen LogP contribution in [0.25, 0.3) is 0 Å². The number of anilines is 2. The molecule has 2 aromatic rings. The number of amides is 2. The SMILES string of the molecule is CC(=O)c1ccc(N2[C@@H]3CC[C@H]2CC(NC(=O)c2ccc(C(N)=O)c(NCC4CC4)c2)C3)nc1. The van der Waals surface area contributed by atoms with E-state index in [0.29, 0.717) is 40.4 Å². The molecule has 8 nitrogen and oxygen atoms in total. The van der Waals surface area contributed by atoms with E-state index < -0.39 is 5.91 Å². The van der Waals surface area contributed by atoms with Crippen LogP contribution >= 0.6 is 0 Å². The van der Waals surface area contributed by atoms with Crippen LogP contribution < -0.4 is 21.3 Å². The maximum absolute atomic E-state index is 13.1. The second-order valence-electron chi connectivity index (χ2n) is 9.84. The predicted octanol–water partition coefficient (Wildman–Crippen LogP) is 3.13. The van der Waals surface area contributed by atoms with Crippen LogP contribution in [0.4, 0.5) is 11.5 Å². The zero-order valence-corrected chi connectivity index (χ0v) is 19.4. The van der Waals surface area contributed by atoms with E-state index >= 15 is 0 Å². The lowest BCUT2D eigenvalue weighted by Gasteiger charge is -2.40. The van der Waals surface area contributed by atoms with E-state index in [4.69, 9.17) is 5.73 Å². The van der Waals surface area contributed by atoms with Crippen molar-refractivity contribution in [3.05, 3.63) is 53.2 Å². The first kappa shape index (κ1) is 22.4. The van der Waals surface area contributed by atoms with Crippen LogP contribution in [-0.4, -0.2) is 47.3 Å². The van der Waals surface area contributed by atoms with Gasteiger partial charge in [0.25, 0.3) is 11.8 Å². The number of nitrogens with two attached hydrogens (primary N) is 1. The summed E-state index contributed by atoms with van der Waals surface area (Å²) in [6, 6.07) is 9.51. The number of ketones is 1. The van der Waals surface area contributed by atoms with Gasteiger partial charge >= 0.3 is 0 Å². The maximum Gasteiger partial charge on any atom is 0.251 e. The summed E-state index contributed by atoms with van der Waals surface area (Å²) in [5.74, 6) is 0.910. The molecule has 1 aliphatic carbocycles. The lowest BCUT2D eigenvalue weighted by Crippen LogP contribution is -2.50. The smallest absolute Gasteiger partial charge is 0.251 e. The Bertz CT molecular complexity index is 1100. The standard InChI is InChI=1S/C26H31N5O3/c1-15(32)18-5-9-24(29-14-18)31-20-6-7-21(31)12-19(11-20)30-26(34)17-4-8-22(25(27)33)23(10-17)28-13-16-2-3-16/h4-5,8-10,14,16,19-21,28H,2-3,6-7,11-13H2,1H3,(H2,27,33)(H,30,34)/t19?,20-,21+. The molecule has 1 aromatic heterocycles. The van der Waals surface area contributed by atoms with Gasteiger partial charge in [0.1, 0.15) is 5.82 Å². The number of aromatic nitrogens is 1. The number of hydrogen-bond donors (Lipinski definition) is 3. The first-order valence-corrected chi connectivity index (χ1v) is 12.1. The Hall–Kier alpha value is -3.42. The molecule has 2 aliphatic heterocycles. The van der Waals surface area contributed by atoms with E-state index in [1.54, 1.807) is 31.3 Å². The van der Waals surface area contributed by atoms with Gasteiger partial charge in [-0.2, -0.15) is 0 Å². The van der Waals surface area contributed by atoms with Gasteiger partial charge in [0.2, 0.25) is 0 Å². The van der Waals surface area contributed by atoms with Crippen LogP contribution in [0.1, 0.15) is 76.5 Å². The molecular weight excluding hydrogens is 430 g/mol. The third-order valence-electron chi connectivity index (χ3n) is 7.31. The van der Waals surface area contributed by atoms with E-state index in [-0.39, 0.29) is 17.7 Å². The van der Waals surface area contributed by atoms with Gasteiger partial charge in [0.15, 0.2) is 5.78 Å². The number of carbonyl (C=O) groups excluding carboxylic acids is 3. The quantitative estimate of drug-likeness (QED) is 0.520. The van der Waals surface area contributed by atoms with Crippen LogP contribution in [0.15, 0.2) is 36.5 Å². The van der Waals surface area contributed by atoms with Crippen molar-refractivity contribution in [2.45, 2.75) is 63.6 Å². The lowest BCUT2D eigenvalue weighted by atomic mass is 9.96. The molecule has 3 aliphatic rings. The molecule has 8 heteroatoms. The number of fused-ring (bicyclic) bond motifs is 2. The van der Waals surface area contributed by atoms with Gasteiger partial charge in [-0.05, 0) is 81.7 Å². The van der Waals surface area contributed by atoms with Crippen molar-refractivity contribution < 1.29 is 14.4 Å².